The van der Waals surface area contributed by atoms with Crippen LogP contribution in [0.1, 0.15) is 13.0 Å². The SMILES string of the molecule is C.O=C(O)Cc1ccc2cc(O)ccc2c1. The summed E-state index contributed by atoms with van der Waals surface area (Å²) < 4.78 is 0. The number of carbonyl (C=O) groups is 1. The average molecular weight is 218 g/mol. The Hall–Kier alpha value is -2.03. The summed E-state index contributed by atoms with van der Waals surface area (Å²) in [7, 11) is 0. The Labute approximate surface area is 94.0 Å². The molecule has 0 radical (unpaired) electrons. The lowest BCUT2D eigenvalue weighted by molar-refractivity contribution is -0.136. The first kappa shape index (κ1) is 12.0. The Bertz CT molecular complexity index is 518. The van der Waals surface area contributed by atoms with Crippen LogP contribution in [0.25, 0.3) is 10.8 Å². The number of rotatable bonds is 2. The maximum Gasteiger partial charge on any atom is 0.307 e. The Kier molecular flexibility index (Phi) is 3.51. The van der Waals surface area contributed by atoms with Crippen molar-refractivity contribution in [3.8, 4) is 5.75 Å². The highest BCUT2D eigenvalue weighted by atomic mass is 16.4. The van der Waals surface area contributed by atoms with Crippen molar-refractivity contribution in [1.82, 2.24) is 0 Å². The zero-order valence-electron chi connectivity index (χ0n) is 7.97. The first-order valence-electron chi connectivity index (χ1n) is 4.58. The maximum absolute atomic E-state index is 10.5. The van der Waals surface area contributed by atoms with E-state index in [1.807, 2.05) is 12.1 Å². The Balaban J connectivity index is 0.00000128. The van der Waals surface area contributed by atoms with Gasteiger partial charge in [0.2, 0.25) is 0 Å². The van der Waals surface area contributed by atoms with Gasteiger partial charge in [0.1, 0.15) is 5.75 Å². The lowest BCUT2D eigenvalue weighted by Gasteiger charge is -2.01. The summed E-state index contributed by atoms with van der Waals surface area (Å²) in [6.45, 7) is 0. The topological polar surface area (TPSA) is 57.5 Å². The molecule has 2 aromatic rings. The second kappa shape index (κ2) is 4.66. The molecule has 0 heterocycles. The minimum absolute atomic E-state index is 0. The summed E-state index contributed by atoms with van der Waals surface area (Å²) in [4.78, 5) is 10.5. The van der Waals surface area contributed by atoms with Gasteiger partial charge in [-0.25, -0.2) is 0 Å². The van der Waals surface area contributed by atoms with E-state index in [0.717, 1.165) is 16.3 Å². The fraction of sp³-hybridized carbons (Fsp3) is 0.154. The molecular weight excluding hydrogens is 204 g/mol. The number of hydrogen-bond acceptors (Lipinski definition) is 2. The smallest absolute Gasteiger partial charge is 0.307 e. The number of hydrogen-bond donors (Lipinski definition) is 2. The van der Waals surface area contributed by atoms with Gasteiger partial charge in [-0.3, -0.25) is 4.79 Å². The molecule has 0 saturated heterocycles. The van der Waals surface area contributed by atoms with E-state index in [4.69, 9.17) is 5.11 Å². The molecule has 0 aliphatic heterocycles. The van der Waals surface area contributed by atoms with Gasteiger partial charge in [-0.2, -0.15) is 0 Å². The highest BCUT2D eigenvalue weighted by molar-refractivity contribution is 5.85. The molecule has 2 rings (SSSR count). The van der Waals surface area contributed by atoms with Crippen LogP contribution >= 0.6 is 0 Å². The molecule has 0 amide bonds. The molecule has 0 aliphatic rings. The van der Waals surface area contributed by atoms with E-state index in [-0.39, 0.29) is 19.6 Å². The molecule has 2 N–H and O–H groups in total. The van der Waals surface area contributed by atoms with Crippen LogP contribution in [0.4, 0.5) is 0 Å². The average Bonchev–Trinajstić information content (AvgIpc) is 2.17. The lowest BCUT2D eigenvalue weighted by atomic mass is 10.1. The van der Waals surface area contributed by atoms with Crippen LogP contribution in [0.15, 0.2) is 36.4 Å². The van der Waals surface area contributed by atoms with E-state index in [2.05, 4.69) is 0 Å². The zero-order valence-corrected chi connectivity index (χ0v) is 7.97. The molecule has 0 aliphatic carbocycles. The summed E-state index contributed by atoms with van der Waals surface area (Å²) >= 11 is 0. The van der Waals surface area contributed by atoms with Crippen LogP contribution in [0.3, 0.4) is 0 Å². The van der Waals surface area contributed by atoms with Crippen molar-refractivity contribution in [2.24, 2.45) is 0 Å². The van der Waals surface area contributed by atoms with Crippen LogP contribution in [0.5, 0.6) is 5.75 Å². The van der Waals surface area contributed by atoms with Crippen molar-refractivity contribution in [3.05, 3.63) is 42.0 Å². The minimum atomic E-state index is -0.840. The van der Waals surface area contributed by atoms with Gasteiger partial charge >= 0.3 is 5.97 Å². The standard InChI is InChI=1S/C12H10O3.CH4/c13-11-4-3-9-5-8(6-12(14)15)1-2-10(9)7-11;/h1-5,7,13H,6H2,(H,14,15);1H4. The Morgan fingerprint density at radius 3 is 2.38 bits per heavy atom. The van der Waals surface area contributed by atoms with E-state index < -0.39 is 5.97 Å². The minimum Gasteiger partial charge on any atom is -0.508 e. The number of carboxylic acids is 1. The highest BCUT2D eigenvalue weighted by Crippen LogP contribution is 2.21. The van der Waals surface area contributed by atoms with E-state index in [1.54, 1.807) is 24.3 Å². The number of aliphatic carboxylic acids is 1. The van der Waals surface area contributed by atoms with Gasteiger partial charge in [0.05, 0.1) is 6.42 Å². The van der Waals surface area contributed by atoms with Crippen molar-refractivity contribution in [1.29, 1.82) is 0 Å². The molecule has 2 aromatic carbocycles. The normalized spacial score (nSPS) is 9.75. The molecule has 0 unspecified atom stereocenters. The van der Waals surface area contributed by atoms with Crippen LogP contribution < -0.4 is 0 Å². The quantitative estimate of drug-likeness (QED) is 0.814. The van der Waals surface area contributed by atoms with E-state index in [9.17, 15) is 9.90 Å². The van der Waals surface area contributed by atoms with E-state index in [1.165, 1.54) is 0 Å². The fourth-order valence-electron chi connectivity index (χ4n) is 1.57. The lowest BCUT2D eigenvalue weighted by Crippen LogP contribution is -1.99. The summed E-state index contributed by atoms with van der Waals surface area (Å²) in [6, 6.07) is 10.4. The second-order valence-electron chi connectivity index (χ2n) is 3.44. The summed E-state index contributed by atoms with van der Waals surface area (Å²) in [6.07, 6.45) is 0.0246. The van der Waals surface area contributed by atoms with Gasteiger partial charge in [0.25, 0.3) is 0 Å². The van der Waals surface area contributed by atoms with Gasteiger partial charge in [-0.05, 0) is 28.5 Å². The largest absolute Gasteiger partial charge is 0.508 e. The van der Waals surface area contributed by atoms with Crippen molar-refractivity contribution in [3.63, 3.8) is 0 Å². The number of phenolic OH excluding ortho intramolecular Hbond substituents is 1. The van der Waals surface area contributed by atoms with Crippen LogP contribution in [-0.4, -0.2) is 16.2 Å². The van der Waals surface area contributed by atoms with Crippen molar-refractivity contribution in [2.75, 3.05) is 0 Å². The molecule has 0 fully saturated rings. The molecular formula is C13H14O3. The van der Waals surface area contributed by atoms with E-state index in [0.29, 0.717) is 0 Å². The van der Waals surface area contributed by atoms with Gasteiger partial charge in [0, 0.05) is 0 Å². The van der Waals surface area contributed by atoms with Crippen molar-refractivity contribution < 1.29 is 15.0 Å². The van der Waals surface area contributed by atoms with Crippen molar-refractivity contribution in [2.45, 2.75) is 13.8 Å². The monoisotopic (exact) mass is 218 g/mol. The highest BCUT2D eigenvalue weighted by Gasteiger charge is 2.01. The third-order valence-corrected chi connectivity index (χ3v) is 2.24. The molecule has 0 atom stereocenters. The van der Waals surface area contributed by atoms with Crippen LogP contribution in [0.2, 0.25) is 0 Å². The Morgan fingerprint density at radius 2 is 1.69 bits per heavy atom. The molecule has 0 spiro atoms. The van der Waals surface area contributed by atoms with Gasteiger partial charge in [-0.1, -0.05) is 31.7 Å². The zero-order chi connectivity index (χ0) is 10.8. The predicted octanol–water partition coefficient (Wildman–Crippen LogP) is 2.81. The first-order valence-corrected chi connectivity index (χ1v) is 4.58. The third-order valence-electron chi connectivity index (χ3n) is 2.24. The van der Waals surface area contributed by atoms with Gasteiger partial charge in [0.15, 0.2) is 0 Å². The maximum atomic E-state index is 10.5. The number of aromatic hydroxyl groups is 1. The number of benzene rings is 2. The van der Waals surface area contributed by atoms with Crippen LogP contribution in [0, 0.1) is 0 Å². The molecule has 3 nitrogen and oxygen atoms in total. The second-order valence-corrected chi connectivity index (χ2v) is 3.44. The molecule has 0 bridgehead atoms. The first-order chi connectivity index (χ1) is 7.15. The summed E-state index contributed by atoms with van der Waals surface area (Å²) in [5, 5.41) is 19.7. The molecule has 16 heavy (non-hydrogen) atoms. The molecule has 0 saturated carbocycles. The molecule has 0 aromatic heterocycles. The van der Waals surface area contributed by atoms with E-state index >= 15 is 0 Å². The predicted molar refractivity (Wildman–Crippen MR) is 63.7 cm³/mol. The number of carboxylic acid groups (broad SMARTS) is 1. The number of fused-ring (bicyclic) bond motifs is 1. The molecule has 84 valence electrons. The Morgan fingerprint density at radius 1 is 1.06 bits per heavy atom. The number of phenols is 1. The summed E-state index contributed by atoms with van der Waals surface area (Å²) in [5.74, 6) is -0.624. The van der Waals surface area contributed by atoms with Gasteiger partial charge in [-0.15, -0.1) is 0 Å². The fourth-order valence-corrected chi connectivity index (χ4v) is 1.57. The molecule has 3 heteroatoms. The van der Waals surface area contributed by atoms with Gasteiger partial charge < -0.3 is 10.2 Å². The van der Waals surface area contributed by atoms with Crippen LogP contribution in [-0.2, 0) is 11.2 Å². The third kappa shape index (κ3) is 2.51. The van der Waals surface area contributed by atoms with Crippen molar-refractivity contribution >= 4 is 16.7 Å². The summed E-state index contributed by atoms with van der Waals surface area (Å²) in [5.41, 5.74) is 0.765.